The zero-order valence-electron chi connectivity index (χ0n) is 15.4. The third-order valence-electron chi connectivity index (χ3n) is 4.32. The van der Waals surface area contributed by atoms with Gasteiger partial charge in [0.25, 0.3) is 5.56 Å². The Bertz CT molecular complexity index is 1280. The van der Waals surface area contributed by atoms with Crippen LogP contribution in [0.25, 0.3) is 27.8 Å². The number of pyridine rings is 1. The summed E-state index contributed by atoms with van der Waals surface area (Å²) in [4.78, 5) is 17.4. The second kappa shape index (κ2) is 7.46. The summed E-state index contributed by atoms with van der Waals surface area (Å²) >= 11 is 5.97. The van der Waals surface area contributed by atoms with Gasteiger partial charge >= 0.3 is 6.36 Å². The van der Waals surface area contributed by atoms with Crippen LogP contribution < -0.4 is 10.3 Å². The lowest BCUT2D eigenvalue weighted by atomic mass is 10.1. The number of ether oxygens (including phenoxy) is 1. The number of rotatable bonds is 3. The lowest BCUT2D eigenvalue weighted by Crippen LogP contribution is -2.23. The largest absolute Gasteiger partial charge is 0.573 e. The molecule has 5 nitrogen and oxygen atoms in total. The van der Waals surface area contributed by atoms with Gasteiger partial charge in [0.05, 0.1) is 5.69 Å². The molecule has 0 radical (unpaired) electrons. The molecule has 152 valence electrons. The Balaban J connectivity index is 1.91. The fraction of sp³-hybridized carbons (Fsp3) is 0.0952. The fourth-order valence-electron chi connectivity index (χ4n) is 3.00. The normalized spacial score (nSPS) is 11.6. The molecule has 0 bridgehead atoms. The number of halogens is 4. The Morgan fingerprint density at radius 1 is 0.967 bits per heavy atom. The van der Waals surface area contributed by atoms with Crippen LogP contribution in [0.3, 0.4) is 0 Å². The van der Waals surface area contributed by atoms with Crippen LogP contribution in [-0.2, 0) is 0 Å². The molecule has 0 spiro atoms. The van der Waals surface area contributed by atoms with Crippen molar-refractivity contribution in [1.82, 2.24) is 14.8 Å². The minimum absolute atomic E-state index is 0.200. The molecule has 9 heteroatoms. The summed E-state index contributed by atoms with van der Waals surface area (Å²) in [6.45, 7) is 1.76. The van der Waals surface area contributed by atoms with Gasteiger partial charge in [-0.3, -0.25) is 4.79 Å². The lowest BCUT2D eigenvalue weighted by Gasteiger charge is -2.13. The predicted molar refractivity (Wildman–Crippen MR) is 107 cm³/mol. The van der Waals surface area contributed by atoms with E-state index in [0.717, 1.165) is 16.8 Å². The van der Waals surface area contributed by atoms with Gasteiger partial charge < -0.3 is 4.74 Å². The Labute approximate surface area is 173 Å². The second-order valence-electron chi connectivity index (χ2n) is 6.46. The van der Waals surface area contributed by atoms with Crippen LogP contribution in [-0.4, -0.2) is 21.1 Å². The molecule has 2 heterocycles. The Morgan fingerprint density at radius 3 is 2.27 bits per heavy atom. The van der Waals surface area contributed by atoms with Crippen molar-refractivity contribution >= 4 is 22.5 Å². The van der Waals surface area contributed by atoms with Crippen LogP contribution in [0.2, 0.25) is 5.02 Å². The highest BCUT2D eigenvalue weighted by molar-refractivity contribution is 6.30. The summed E-state index contributed by atoms with van der Waals surface area (Å²) in [6.07, 6.45) is -4.80. The molecule has 0 fully saturated rings. The minimum Gasteiger partial charge on any atom is -0.406 e. The highest BCUT2D eigenvalue weighted by Gasteiger charge is 2.31. The van der Waals surface area contributed by atoms with Gasteiger partial charge in [0, 0.05) is 21.7 Å². The van der Waals surface area contributed by atoms with E-state index >= 15 is 0 Å². The van der Waals surface area contributed by atoms with Crippen LogP contribution in [0, 0.1) is 6.92 Å². The summed E-state index contributed by atoms with van der Waals surface area (Å²) in [5.41, 5.74) is 1.83. The molecule has 0 aliphatic heterocycles. The molecule has 0 saturated heterocycles. The summed E-state index contributed by atoms with van der Waals surface area (Å²) in [5.74, 6) is -0.396. The van der Waals surface area contributed by atoms with Crippen molar-refractivity contribution < 1.29 is 17.9 Å². The molecular formula is C21H13ClF3N3O2. The monoisotopic (exact) mass is 431 g/mol. The van der Waals surface area contributed by atoms with Crippen molar-refractivity contribution in [3.63, 3.8) is 0 Å². The summed E-state index contributed by atoms with van der Waals surface area (Å²) in [5, 5.41) is 5.57. The first-order valence-corrected chi connectivity index (χ1v) is 9.12. The smallest absolute Gasteiger partial charge is 0.406 e. The number of aromatic nitrogens is 3. The topological polar surface area (TPSA) is 57.0 Å². The van der Waals surface area contributed by atoms with Crippen molar-refractivity contribution in [2.45, 2.75) is 13.3 Å². The van der Waals surface area contributed by atoms with Gasteiger partial charge in [-0.05, 0) is 55.5 Å². The number of aryl methyl sites for hydroxylation is 1. The zero-order chi connectivity index (χ0) is 21.5. The lowest BCUT2D eigenvalue weighted by molar-refractivity contribution is -0.274. The number of benzene rings is 2. The average molecular weight is 432 g/mol. The number of hydrogen-bond donors (Lipinski definition) is 0. The fourth-order valence-corrected chi connectivity index (χ4v) is 3.12. The molecular weight excluding hydrogens is 419 g/mol. The molecule has 4 rings (SSSR count). The maximum atomic E-state index is 13.0. The van der Waals surface area contributed by atoms with Gasteiger partial charge in [-0.15, -0.1) is 13.2 Å². The molecule has 0 atom stereocenters. The molecule has 0 saturated carbocycles. The summed E-state index contributed by atoms with van der Waals surface area (Å²) in [7, 11) is 0. The standard InChI is InChI=1S/C21H13ClF3N3O2/c1-12-2-11-17-18(13-3-5-14(22)6-4-13)27-28(20(29)19(17)26-12)15-7-9-16(10-8-15)30-21(23,24)25/h2-11H,1H3. The maximum Gasteiger partial charge on any atom is 0.573 e. The first kappa shape index (κ1) is 19.9. The van der Waals surface area contributed by atoms with Crippen molar-refractivity contribution in [2.75, 3.05) is 0 Å². The summed E-state index contributed by atoms with van der Waals surface area (Å²) in [6, 6.07) is 15.3. The molecule has 0 amide bonds. The van der Waals surface area contributed by atoms with E-state index in [-0.39, 0.29) is 11.2 Å². The van der Waals surface area contributed by atoms with Gasteiger partial charge in [-0.25, -0.2) is 4.98 Å². The molecule has 4 aromatic rings. The maximum absolute atomic E-state index is 13.0. The van der Waals surface area contributed by atoms with Crippen LogP contribution in [0.15, 0.2) is 65.5 Å². The Kier molecular flexibility index (Phi) is 4.95. The first-order valence-electron chi connectivity index (χ1n) is 8.74. The van der Waals surface area contributed by atoms with Crippen LogP contribution in [0.1, 0.15) is 5.69 Å². The van der Waals surface area contributed by atoms with E-state index in [9.17, 15) is 18.0 Å². The number of alkyl halides is 3. The van der Waals surface area contributed by atoms with E-state index < -0.39 is 17.7 Å². The quantitative estimate of drug-likeness (QED) is 0.441. The zero-order valence-corrected chi connectivity index (χ0v) is 16.2. The van der Waals surface area contributed by atoms with Crippen molar-refractivity contribution in [1.29, 1.82) is 0 Å². The van der Waals surface area contributed by atoms with Crippen molar-refractivity contribution in [3.8, 4) is 22.7 Å². The van der Waals surface area contributed by atoms with Gasteiger partial charge in [0.15, 0.2) is 0 Å². The van der Waals surface area contributed by atoms with Crippen LogP contribution in [0.4, 0.5) is 13.2 Å². The molecule has 0 aliphatic carbocycles. The van der Waals surface area contributed by atoms with Crippen molar-refractivity contribution in [3.05, 3.63) is 81.7 Å². The second-order valence-corrected chi connectivity index (χ2v) is 6.90. The molecule has 0 aliphatic rings. The molecule has 30 heavy (non-hydrogen) atoms. The molecule has 0 unspecified atom stereocenters. The van der Waals surface area contributed by atoms with Crippen LogP contribution >= 0.6 is 11.6 Å². The Hall–Kier alpha value is -3.39. The number of fused-ring (bicyclic) bond motifs is 1. The average Bonchev–Trinajstić information content (AvgIpc) is 2.69. The van der Waals surface area contributed by atoms with Gasteiger partial charge in [0.2, 0.25) is 0 Å². The van der Waals surface area contributed by atoms with Gasteiger partial charge in [0.1, 0.15) is 17.0 Å². The highest BCUT2D eigenvalue weighted by atomic mass is 35.5. The third kappa shape index (κ3) is 3.99. The first-order chi connectivity index (χ1) is 14.2. The minimum atomic E-state index is -4.80. The molecule has 0 N–H and O–H groups in total. The predicted octanol–water partition coefficient (Wildman–Crippen LogP) is 5.31. The Morgan fingerprint density at radius 2 is 1.63 bits per heavy atom. The molecule has 2 aromatic heterocycles. The van der Waals surface area contributed by atoms with E-state index in [2.05, 4.69) is 14.8 Å². The van der Waals surface area contributed by atoms with Gasteiger partial charge in [-0.2, -0.15) is 9.78 Å². The van der Waals surface area contributed by atoms with E-state index in [1.54, 1.807) is 43.3 Å². The number of nitrogens with zero attached hydrogens (tertiary/aromatic N) is 3. The SMILES string of the molecule is Cc1ccc2c(-c3ccc(Cl)cc3)nn(-c3ccc(OC(F)(F)F)cc3)c(=O)c2n1. The number of hydrogen-bond acceptors (Lipinski definition) is 4. The molecule has 2 aromatic carbocycles. The van der Waals surface area contributed by atoms with Gasteiger partial charge in [-0.1, -0.05) is 23.7 Å². The van der Waals surface area contributed by atoms with Crippen LogP contribution in [0.5, 0.6) is 5.75 Å². The van der Waals surface area contributed by atoms with E-state index in [1.807, 2.05) is 0 Å². The van der Waals surface area contributed by atoms with E-state index in [0.29, 0.717) is 27.4 Å². The van der Waals surface area contributed by atoms with E-state index in [4.69, 9.17) is 11.6 Å². The van der Waals surface area contributed by atoms with E-state index in [1.165, 1.54) is 12.1 Å². The summed E-state index contributed by atoms with van der Waals surface area (Å²) < 4.78 is 42.2. The van der Waals surface area contributed by atoms with Crippen molar-refractivity contribution in [2.24, 2.45) is 0 Å². The highest BCUT2D eigenvalue weighted by Crippen LogP contribution is 2.27. The third-order valence-corrected chi connectivity index (χ3v) is 4.57.